The van der Waals surface area contributed by atoms with E-state index in [4.69, 9.17) is 4.74 Å². The lowest BCUT2D eigenvalue weighted by Crippen LogP contribution is -2.38. The van der Waals surface area contributed by atoms with Gasteiger partial charge in [0.15, 0.2) is 5.13 Å². The molecule has 5 heteroatoms. The van der Waals surface area contributed by atoms with Gasteiger partial charge in [0.1, 0.15) is 6.10 Å². The van der Waals surface area contributed by atoms with Crippen LogP contribution in [-0.4, -0.2) is 29.2 Å². The molecule has 0 bridgehead atoms. The molecule has 0 radical (unpaired) electrons. The molecule has 3 rings (SSSR count). The molecule has 2 aromatic heterocycles. The van der Waals surface area contributed by atoms with Crippen LogP contribution in [0.4, 0.5) is 5.13 Å². The Kier molecular flexibility index (Phi) is 3.64. The fraction of sp³-hybridized carbons (Fsp3) is 0.429. The van der Waals surface area contributed by atoms with Crippen LogP contribution in [0.15, 0.2) is 29.8 Å². The van der Waals surface area contributed by atoms with Crippen LogP contribution >= 0.6 is 11.3 Å². The van der Waals surface area contributed by atoms with Gasteiger partial charge in [0.25, 0.3) is 0 Å². The van der Waals surface area contributed by atoms with Gasteiger partial charge in [-0.3, -0.25) is 0 Å². The van der Waals surface area contributed by atoms with E-state index in [9.17, 15) is 0 Å². The summed E-state index contributed by atoms with van der Waals surface area (Å²) >= 11 is 1.72. The number of piperidine rings is 1. The van der Waals surface area contributed by atoms with Crippen LogP contribution in [0.3, 0.4) is 0 Å². The molecule has 0 aliphatic carbocycles. The highest BCUT2D eigenvalue weighted by Crippen LogP contribution is 2.25. The fourth-order valence-electron chi connectivity index (χ4n) is 2.24. The molecule has 3 heterocycles. The van der Waals surface area contributed by atoms with Crippen LogP contribution in [0, 0.1) is 6.92 Å². The SMILES string of the molecule is Cc1csc(N2CCC(Oc3ccccn3)CC2)n1. The maximum Gasteiger partial charge on any atom is 0.213 e. The van der Waals surface area contributed by atoms with Crippen LogP contribution < -0.4 is 9.64 Å². The lowest BCUT2D eigenvalue weighted by Gasteiger charge is -2.31. The number of pyridine rings is 1. The molecule has 0 unspecified atom stereocenters. The van der Waals surface area contributed by atoms with Crippen molar-refractivity contribution in [1.82, 2.24) is 9.97 Å². The zero-order valence-electron chi connectivity index (χ0n) is 11.0. The van der Waals surface area contributed by atoms with Gasteiger partial charge in [-0.15, -0.1) is 11.3 Å². The molecule has 1 aliphatic heterocycles. The maximum absolute atomic E-state index is 5.89. The molecule has 1 aliphatic rings. The number of aromatic nitrogens is 2. The average molecular weight is 275 g/mol. The van der Waals surface area contributed by atoms with Gasteiger partial charge in [0, 0.05) is 43.6 Å². The molecule has 0 saturated carbocycles. The Hall–Kier alpha value is -1.62. The Morgan fingerprint density at radius 1 is 1.32 bits per heavy atom. The van der Waals surface area contributed by atoms with Crippen LogP contribution in [-0.2, 0) is 0 Å². The molecule has 0 spiro atoms. The number of ether oxygens (including phenoxy) is 1. The first-order valence-electron chi connectivity index (χ1n) is 6.56. The molecule has 4 nitrogen and oxygen atoms in total. The summed E-state index contributed by atoms with van der Waals surface area (Å²) in [7, 11) is 0. The summed E-state index contributed by atoms with van der Waals surface area (Å²) in [5.41, 5.74) is 1.10. The second-order valence-electron chi connectivity index (χ2n) is 4.74. The Labute approximate surface area is 117 Å². The molecule has 0 aromatic carbocycles. The number of nitrogens with zero attached hydrogens (tertiary/aromatic N) is 3. The summed E-state index contributed by atoms with van der Waals surface area (Å²) in [6, 6.07) is 5.77. The van der Waals surface area contributed by atoms with E-state index >= 15 is 0 Å². The van der Waals surface area contributed by atoms with Gasteiger partial charge in [-0.25, -0.2) is 9.97 Å². The molecule has 0 atom stereocenters. The van der Waals surface area contributed by atoms with Gasteiger partial charge < -0.3 is 9.64 Å². The number of hydrogen-bond donors (Lipinski definition) is 0. The van der Waals surface area contributed by atoms with Crippen LogP contribution in [0.1, 0.15) is 18.5 Å². The quantitative estimate of drug-likeness (QED) is 0.863. The highest BCUT2D eigenvalue weighted by atomic mass is 32.1. The molecule has 1 saturated heterocycles. The van der Waals surface area contributed by atoms with Gasteiger partial charge in [-0.05, 0) is 13.0 Å². The number of hydrogen-bond acceptors (Lipinski definition) is 5. The van der Waals surface area contributed by atoms with Crippen molar-refractivity contribution in [2.75, 3.05) is 18.0 Å². The maximum atomic E-state index is 5.89. The van der Waals surface area contributed by atoms with Crippen LogP contribution in [0.25, 0.3) is 0 Å². The van der Waals surface area contributed by atoms with E-state index in [0.29, 0.717) is 0 Å². The van der Waals surface area contributed by atoms with Gasteiger partial charge in [0.2, 0.25) is 5.88 Å². The first kappa shape index (κ1) is 12.4. The summed E-state index contributed by atoms with van der Waals surface area (Å²) in [6.07, 6.45) is 4.08. The van der Waals surface area contributed by atoms with E-state index in [2.05, 4.69) is 20.2 Å². The molecule has 0 amide bonds. The minimum absolute atomic E-state index is 0.271. The Morgan fingerprint density at radius 3 is 2.79 bits per heavy atom. The highest BCUT2D eigenvalue weighted by molar-refractivity contribution is 7.13. The Balaban J connectivity index is 1.55. The van der Waals surface area contributed by atoms with E-state index in [1.807, 2.05) is 25.1 Å². The minimum atomic E-state index is 0.271. The van der Waals surface area contributed by atoms with Gasteiger partial charge in [0.05, 0.1) is 5.69 Å². The van der Waals surface area contributed by atoms with Crippen molar-refractivity contribution >= 4 is 16.5 Å². The zero-order valence-corrected chi connectivity index (χ0v) is 11.8. The second-order valence-corrected chi connectivity index (χ2v) is 5.58. The number of aryl methyl sites for hydroxylation is 1. The Bertz CT molecular complexity index is 520. The second kappa shape index (κ2) is 5.57. The monoisotopic (exact) mass is 275 g/mol. The van der Waals surface area contributed by atoms with Crippen molar-refractivity contribution in [3.63, 3.8) is 0 Å². The molecule has 19 heavy (non-hydrogen) atoms. The van der Waals surface area contributed by atoms with Gasteiger partial charge >= 0.3 is 0 Å². The van der Waals surface area contributed by atoms with Crippen molar-refractivity contribution in [1.29, 1.82) is 0 Å². The third kappa shape index (κ3) is 3.04. The minimum Gasteiger partial charge on any atom is -0.474 e. The summed E-state index contributed by atoms with van der Waals surface area (Å²) < 4.78 is 5.89. The van der Waals surface area contributed by atoms with E-state index in [-0.39, 0.29) is 6.10 Å². The largest absolute Gasteiger partial charge is 0.474 e. The summed E-state index contributed by atoms with van der Waals surface area (Å²) in [5.74, 6) is 0.728. The standard InChI is InChI=1S/C14H17N3OS/c1-11-10-19-14(16-11)17-8-5-12(6-9-17)18-13-4-2-3-7-15-13/h2-4,7,10,12H,5-6,8-9H2,1H3. The lowest BCUT2D eigenvalue weighted by atomic mass is 10.1. The van der Waals surface area contributed by atoms with E-state index in [0.717, 1.165) is 42.6 Å². The van der Waals surface area contributed by atoms with Crippen molar-refractivity contribution in [2.24, 2.45) is 0 Å². The van der Waals surface area contributed by atoms with Gasteiger partial charge in [-0.2, -0.15) is 0 Å². The smallest absolute Gasteiger partial charge is 0.213 e. The average Bonchev–Trinajstić information content (AvgIpc) is 2.87. The molecular weight excluding hydrogens is 258 g/mol. The zero-order chi connectivity index (χ0) is 13.1. The topological polar surface area (TPSA) is 38.2 Å². The van der Waals surface area contributed by atoms with E-state index in [1.165, 1.54) is 0 Å². The third-order valence-electron chi connectivity index (χ3n) is 3.24. The summed E-state index contributed by atoms with van der Waals surface area (Å²) in [4.78, 5) is 11.1. The Morgan fingerprint density at radius 2 is 2.16 bits per heavy atom. The number of anilines is 1. The van der Waals surface area contributed by atoms with Crippen molar-refractivity contribution < 1.29 is 4.74 Å². The number of thiazole rings is 1. The van der Waals surface area contributed by atoms with Crippen molar-refractivity contribution in [2.45, 2.75) is 25.9 Å². The first-order chi connectivity index (χ1) is 9.31. The van der Waals surface area contributed by atoms with Crippen LogP contribution in [0.2, 0.25) is 0 Å². The molecule has 0 N–H and O–H groups in total. The van der Waals surface area contributed by atoms with Crippen molar-refractivity contribution in [3.05, 3.63) is 35.5 Å². The normalized spacial score (nSPS) is 16.6. The molecular formula is C14H17N3OS. The van der Waals surface area contributed by atoms with E-state index < -0.39 is 0 Å². The van der Waals surface area contributed by atoms with Crippen molar-refractivity contribution in [3.8, 4) is 5.88 Å². The lowest BCUT2D eigenvalue weighted by molar-refractivity contribution is 0.164. The van der Waals surface area contributed by atoms with Crippen LogP contribution in [0.5, 0.6) is 5.88 Å². The third-order valence-corrected chi connectivity index (χ3v) is 4.26. The fourth-order valence-corrected chi connectivity index (χ4v) is 3.10. The van der Waals surface area contributed by atoms with E-state index in [1.54, 1.807) is 17.5 Å². The summed E-state index contributed by atoms with van der Waals surface area (Å²) in [6.45, 7) is 4.05. The predicted octanol–water partition coefficient (Wildman–Crippen LogP) is 2.89. The predicted molar refractivity (Wildman–Crippen MR) is 77.0 cm³/mol. The molecule has 2 aromatic rings. The highest BCUT2D eigenvalue weighted by Gasteiger charge is 2.22. The summed E-state index contributed by atoms with van der Waals surface area (Å²) in [5, 5.41) is 3.24. The number of rotatable bonds is 3. The van der Waals surface area contributed by atoms with Gasteiger partial charge in [-0.1, -0.05) is 6.07 Å². The molecule has 1 fully saturated rings. The molecule has 100 valence electrons. The first-order valence-corrected chi connectivity index (χ1v) is 7.44.